The highest BCUT2D eigenvalue weighted by atomic mass is 32.2. The van der Waals surface area contributed by atoms with Crippen LogP contribution in [0.3, 0.4) is 0 Å². The maximum atomic E-state index is 12.9. The number of halogens is 3. The number of primary amides is 1. The second-order valence-electron chi connectivity index (χ2n) is 6.43. The maximum absolute atomic E-state index is 12.9. The van der Waals surface area contributed by atoms with Crippen LogP contribution in [0.4, 0.5) is 18.9 Å². The number of rotatable bonds is 9. The molecular formula is C19H19F3N4O5S. The second-order valence-corrected chi connectivity index (χ2v) is 8.34. The number of hydrogen-bond acceptors (Lipinski definition) is 6. The van der Waals surface area contributed by atoms with E-state index in [-0.39, 0.29) is 12.3 Å². The van der Waals surface area contributed by atoms with E-state index in [1.807, 2.05) is 0 Å². The van der Waals surface area contributed by atoms with Crippen molar-refractivity contribution in [2.24, 2.45) is 10.8 Å². The van der Waals surface area contributed by atoms with Crippen LogP contribution in [-0.4, -0.2) is 45.9 Å². The predicted octanol–water partition coefficient (Wildman–Crippen LogP) is 1.49. The molecule has 2 aromatic rings. The van der Waals surface area contributed by atoms with Gasteiger partial charge in [-0.1, -0.05) is 6.07 Å². The molecule has 0 saturated heterocycles. The molecule has 2 aromatic carbocycles. The van der Waals surface area contributed by atoms with E-state index in [4.69, 9.17) is 10.5 Å². The minimum Gasteiger partial charge on any atom is -0.484 e. The molecule has 3 N–H and O–H groups in total. The van der Waals surface area contributed by atoms with Gasteiger partial charge in [-0.25, -0.2) is 13.8 Å². The highest BCUT2D eigenvalue weighted by Crippen LogP contribution is 2.32. The molecule has 9 nitrogen and oxygen atoms in total. The zero-order valence-corrected chi connectivity index (χ0v) is 17.5. The van der Waals surface area contributed by atoms with Crippen molar-refractivity contribution in [1.82, 2.24) is 5.43 Å². The fourth-order valence-electron chi connectivity index (χ4n) is 2.39. The zero-order chi connectivity index (χ0) is 23.9. The molecule has 0 bridgehead atoms. The number of hydrogen-bond donors (Lipinski definition) is 2. The van der Waals surface area contributed by atoms with E-state index in [1.54, 1.807) is 12.1 Å². The van der Waals surface area contributed by atoms with Gasteiger partial charge in [-0.05, 0) is 48.0 Å². The smallest absolute Gasteiger partial charge is 0.416 e. The molecule has 0 aromatic heterocycles. The number of sulfonamides is 1. The van der Waals surface area contributed by atoms with E-state index in [9.17, 15) is 31.2 Å². The first-order valence-electron chi connectivity index (χ1n) is 8.84. The van der Waals surface area contributed by atoms with Crippen LogP contribution in [0.1, 0.15) is 11.1 Å². The van der Waals surface area contributed by atoms with Crippen LogP contribution in [0, 0.1) is 0 Å². The normalized spacial score (nSPS) is 11.9. The van der Waals surface area contributed by atoms with E-state index in [2.05, 4.69) is 10.5 Å². The summed E-state index contributed by atoms with van der Waals surface area (Å²) in [6.45, 7) is -1.07. The van der Waals surface area contributed by atoms with Crippen LogP contribution in [0.15, 0.2) is 53.6 Å². The fourth-order valence-corrected chi connectivity index (χ4v) is 3.23. The number of carbonyl (C=O) groups is 2. The minimum atomic E-state index is -4.67. The van der Waals surface area contributed by atoms with Crippen molar-refractivity contribution in [3.8, 4) is 5.75 Å². The highest BCUT2D eigenvalue weighted by molar-refractivity contribution is 7.92. The number of carbonyl (C=O) groups excluding carboxylic acids is 2. The van der Waals surface area contributed by atoms with Gasteiger partial charge < -0.3 is 10.5 Å². The summed E-state index contributed by atoms with van der Waals surface area (Å²) in [5.41, 5.74) is 6.26. The molecule has 0 aliphatic rings. The van der Waals surface area contributed by atoms with Gasteiger partial charge in [-0.2, -0.15) is 18.3 Å². The van der Waals surface area contributed by atoms with E-state index in [1.165, 1.54) is 18.3 Å². The number of benzene rings is 2. The first-order chi connectivity index (χ1) is 14.9. The topological polar surface area (TPSA) is 131 Å². The Morgan fingerprint density at radius 2 is 1.84 bits per heavy atom. The molecule has 2 rings (SSSR count). The standard InChI is InChI=1S/C19H19F3N4O5S/c1-32(29,30)26(15-4-2-3-14(9-15)19(20,21)22)11-18(28)25-24-10-13-5-7-16(8-6-13)31-12-17(23)27/h2-10H,11-12H2,1H3,(H2,23,27)(H,25,28)/b24-10-. The van der Waals surface area contributed by atoms with Crippen molar-refractivity contribution in [3.05, 3.63) is 59.7 Å². The van der Waals surface area contributed by atoms with Crippen LogP contribution < -0.4 is 20.2 Å². The second kappa shape index (κ2) is 10.1. The number of ether oxygens (including phenoxy) is 1. The van der Waals surface area contributed by atoms with Crippen molar-refractivity contribution in [2.75, 3.05) is 23.7 Å². The Labute approximate surface area is 181 Å². The van der Waals surface area contributed by atoms with E-state index < -0.39 is 40.1 Å². The number of nitrogens with two attached hydrogens (primary N) is 1. The molecule has 0 fully saturated rings. The predicted molar refractivity (Wildman–Crippen MR) is 111 cm³/mol. The van der Waals surface area contributed by atoms with E-state index >= 15 is 0 Å². The molecule has 0 atom stereocenters. The van der Waals surface area contributed by atoms with Crippen LogP contribution in [0.5, 0.6) is 5.75 Å². The summed E-state index contributed by atoms with van der Waals surface area (Å²) in [4.78, 5) is 22.8. The molecule has 0 radical (unpaired) electrons. The summed E-state index contributed by atoms with van der Waals surface area (Å²) in [5, 5.41) is 3.69. The first kappa shape index (κ1) is 24.7. The molecule has 32 heavy (non-hydrogen) atoms. The van der Waals surface area contributed by atoms with Crippen molar-refractivity contribution in [2.45, 2.75) is 6.18 Å². The lowest BCUT2D eigenvalue weighted by molar-refractivity contribution is -0.137. The largest absolute Gasteiger partial charge is 0.484 e. The number of alkyl halides is 3. The first-order valence-corrected chi connectivity index (χ1v) is 10.7. The fraction of sp³-hybridized carbons (Fsp3) is 0.211. The van der Waals surface area contributed by atoms with Gasteiger partial charge >= 0.3 is 6.18 Å². The lowest BCUT2D eigenvalue weighted by Crippen LogP contribution is -2.39. The van der Waals surface area contributed by atoms with Gasteiger partial charge in [0.25, 0.3) is 11.8 Å². The molecule has 0 spiro atoms. The van der Waals surface area contributed by atoms with Gasteiger partial charge in [0, 0.05) is 0 Å². The minimum absolute atomic E-state index is 0.286. The summed E-state index contributed by atoms with van der Waals surface area (Å²) in [6.07, 6.45) is -2.65. The van der Waals surface area contributed by atoms with Gasteiger partial charge in [-0.15, -0.1) is 0 Å². The Morgan fingerprint density at radius 1 is 1.19 bits per heavy atom. The third-order valence-corrected chi connectivity index (χ3v) is 4.95. The Balaban J connectivity index is 2.05. The molecule has 2 amide bonds. The summed E-state index contributed by atoms with van der Waals surface area (Å²) >= 11 is 0. The molecule has 0 aliphatic carbocycles. The van der Waals surface area contributed by atoms with Gasteiger partial charge in [0.15, 0.2) is 6.61 Å². The average Bonchev–Trinajstić information content (AvgIpc) is 2.70. The van der Waals surface area contributed by atoms with Gasteiger partial charge in [-0.3, -0.25) is 13.9 Å². The van der Waals surface area contributed by atoms with Crippen molar-refractivity contribution < 1.29 is 35.9 Å². The van der Waals surface area contributed by atoms with Gasteiger partial charge in [0.1, 0.15) is 12.3 Å². The Morgan fingerprint density at radius 3 is 2.41 bits per heavy atom. The summed E-state index contributed by atoms with van der Waals surface area (Å²) < 4.78 is 68.5. The van der Waals surface area contributed by atoms with Crippen LogP contribution >= 0.6 is 0 Å². The van der Waals surface area contributed by atoms with E-state index in [0.29, 0.717) is 21.7 Å². The molecule has 13 heteroatoms. The lowest BCUT2D eigenvalue weighted by atomic mass is 10.2. The summed E-state index contributed by atoms with van der Waals surface area (Å²) in [7, 11) is -4.06. The van der Waals surface area contributed by atoms with Crippen LogP contribution in [-0.2, 0) is 25.8 Å². The van der Waals surface area contributed by atoms with Crippen molar-refractivity contribution >= 4 is 33.7 Å². The summed E-state index contributed by atoms with van der Waals surface area (Å²) in [6, 6.07) is 9.82. The highest BCUT2D eigenvalue weighted by Gasteiger charge is 2.32. The number of anilines is 1. The Bertz CT molecular complexity index is 1100. The van der Waals surface area contributed by atoms with Gasteiger partial charge in [0.2, 0.25) is 10.0 Å². The van der Waals surface area contributed by atoms with Gasteiger partial charge in [0.05, 0.1) is 23.7 Å². The molecule has 172 valence electrons. The average molecular weight is 472 g/mol. The van der Waals surface area contributed by atoms with Crippen molar-refractivity contribution in [1.29, 1.82) is 0 Å². The molecule has 0 saturated carbocycles. The summed E-state index contributed by atoms with van der Waals surface area (Å²) in [5.74, 6) is -1.12. The lowest BCUT2D eigenvalue weighted by Gasteiger charge is -2.22. The number of nitrogens with zero attached hydrogens (tertiary/aromatic N) is 2. The molecular weight excluding hydrogens is 453 g/mol. The SMILES string of the molecule is CS(=O)(=O)N(CC(=O)N/N=C\c1ccc(OCC(N)=O)cc1)c1cccc(C(F)(F)F)c1. The third-order valence-electron chi connectivity index (χ3n) is 3.81. The maximum Gasteiger partial charge on any atom is 0.416 e. The Kier molecular flexibility index (Phi) is 7.81. The van der Waals surface area contributed by atoms with Crippen LogP contribution in [0.2, 0.25) is 0 Å². The van der Waals surface area contributed by atoms with E-state index in [0.717, 1.165) is 24.5 Å². The quantitative estimate of drug-likeness (QED) is 0.422. The number of nitrogens with one attached hydrogen (secondary N) is 1. The monoisotopic (exact) mass is 472 g/mol. The number of hydrazone groups is 1. The number of amides is 2. The Hall–Kier alpha value is -3.61. The molecule has 0 unspecified atom stereocenters. The molecule has 0 aliphatic heterocycles. The third kappa shape index (κ3) is 7.58. The van der Waals surface area contributed by atoms with Crippen molar-refractivity contribution in [3.63, 3.8) is 0 Å². The zero-order valence-electron chi connectivity index (χ0n) is 16.7. The van der Waals surface area contributed by atoms with Crippen LogP contribution in [0.25, 0.3) is 0 Å². The molecule has 0 heterocycles.